The number of carbonyl (C=O) groups is 14. The van der Waals surface area contributed by atoms with Crippen LogP contribution >= 0.6 is 0 Å². The van der Waals surface area contributed by atoms with Gasteiger partial charge in [-0.25, -0.2) is 0 Å². The fraction of sp³-hybridized carbons (Fsp3) is 0.548. The van der Waals surface area contributed by atoms with Crippen LogP contribution in [0.4, 0.5) is 0 Å². The summed E-state index contributed by atoms with van der Waals surface area (Å²) in [5, 5.41) is 88.8. The standard InChI is InChI=1S/C42H61N5O11.C42H61N5O10.H2O/c1-5-6-7-8-9-10-11-13-27(48)22-37(55)46-30(23-36(44)54)42(58)47-29(16-17-35(43)53)41(57)45-26(18-24(2)3)21-33(51)28-19-25(4)20-34(52)38(28)40(56)39-31(49)14-12-15-32(39)50;1-5-6-7-8-9-10-11-14-28(48)23-38(54)46-32(24-37(44)53)42(57)47-31(17-18-36(43)52)41(56)45-27(19-25(2)3)22-34(50)30-20-26(4)21-35(51)39(30)40(55)29-15-12-13-16-33(29)49;/h12,14-15,19-20,24,26-27,29-30,48-50,52H,5-11,13,16-18,21-23H2,1-4H3,(H2,43,53)(H2,44,54)(H,45,57)(H,46,55)(H,47,58);12-13,15-16,20-21,25,27-28,31-32,48-49,51H,5-11,14,17-19,22-24H2,1-4H3,(H2,43,52)(H2,44,53)(H,45,56)(H,46,54)(H,47,57);1H2/t26-,27+,29-,30-;27-,28-,31+,32+;/m01./s1. The molecule has 4 rings (SSSR count). The van der Waals surface area contributed by atoms with Crippen LogP contribution in [0.3, 0.4) is 0 Å². The Labute approximate surface area is 677 Å². The smallest absolute Gasteiger partial charge is 0.243 e. The summed E-state index contributed by atoms with van der Waals surface area (Å²) in [6.07, 6.45) is 9.76. The first-order valence-electron chi connectivity index (χ1n) is 39.7. The average Bonchev–Trinajstić information content (AvgIpc) is 0.786. The lowest BCUT2D eigenvalue weighted by molar-refractivity contribution is -0.134. The van der Waals surface area contributed by atoms with Crippen LogP contribution in [0.25, 0.3) is 0 Å². The van der Waals surface area contributed by atoms with Gasteiger partial charge in [0.05, 0.1) is 54.6 Å². The minimum absolute atomic E-state index is 0. The van der Waals surface area contributed by atoms with Gasteiger partial charge >= 0.3 is 0 Å². The summed E-state index contributed by atoms with van der Waals surface area (Å²) in [7, 11) is 0. The molecule has 32 nitrogen and oxygen atoms in total. The molecule has 32 heteroatoms. The van der Waals surface area contributed by atoms with Crippen LogP contribution < -0.4 is 54.8 Å². The first-order valence-corrected chi connectivity index (χ1v) is 39.7. The monoisotopic (exact) mass is 1620 g/mol. The number of aromatic hydroxyl groups is 5. The van der Waals surface area contributed by atoms with Crippen LogP contribution in [-0.2, 0) is 47.9 Å². The molecule has 0 saturated carbocycles. The summed E-state index contributed by atoms with van der Waals surface area (Å²) in [5.74, 6) is -14.2. The SMILES string of the molecule is CCCCCCCCC[C@@H](O)CC(=O)N[C@@H](CC(N)=O)C(=O)N[C@@H](CCC(N)=O)C(=O)N[C@@H](CC(=O)c1cc(C)cc(O)c1C(=O)c1ccccc1O)CC(C)C.CCCCCCCCC[C@@H](O)CC(=O)N[C@@H](CC(N)=O)C(=O)N[C@@H](CCC(N)=O)C(=O)N[C@H](CC(=O)c1cc(C)cc(O)c1C(=O)c1c(O)cccc1O)CC(C)C.O. The van der Waals surface area contributed by atoms with E-state index in [1.54, 1.807) is 13.8 Å². The molecule has 4 aromatic carbocycles. The van der Waals surface area contributed by atoms with E-state index < -0.39 is 184 Å². The summed E-state index contributed by atoms with van der Waals surface area (Å²) >= 11 is 0. The van der Waals surface area contributed by atoms with Gasteiger partial charge in [-0.2, -0.15) is 0 Å². The number of aliphatic hydroxyl groups excluding tert-OH is 2. The summed E-state index contributed by atoms with van der Waals surface area (Å²) < 4.78 is 0. The lowest BCUT2D eigenvalue weighted by Gasteiger charge is -2.26. The second-order valence-corrected chi connectivity index (χ2v) is 30.4. The third kappa shape index (κ3) is 37.2. The quantitative estimate of drug-likeness (QED) is 0.0169. The number of carbonyl (C=O) groups excluding carboxylic acids is 14. The molecule has 10 amide bonds. The van der Waals surface area contributed by atoms with E-state index in [9.17, 15) is 103 Å². The number of nitrogens with one attached hydrogen (secondary N) is 6. The summed E-state index contributed by atoms with van der Waals surface area (Å²) in [6.45, 7) is 14.8. The van der Waals surface area contributed by atoms with Crippen molar-refractivity contribution in [1.82, 2.24) is 31.9 Å². The number of amides is 10. The Morgan fingerprint density at radius 3 is 1.05 bits per heavy atom. The van der Waals surface area contributed by atoms with Crippen LogP contribution in [0.1, 0.15) is 285 Å². The second kappa shape index (κ2) is 52.6. The number of Topliss-reactive ketones (excluding diaryl/α,β-unsaturated/α-hetero) is 2. The third-order valence-corrected chi connectivity index (χ3v) is 18.9. The van der Waals surface area contributed by atoms with E-state index in [2.05, 4.69) is 45.7 Å². The number of phenols is 5. The highest BCUT2D eigenvalue weighted by atomic mass is 16.3. The Morgan fingerprint density at radius 2 is 0.698 bits per heavy atom. The zero-order valence-electron chi connectivity index (χ0n) is 68.1. The van der Waals surface area contributed by atoms with E-state index in [0.717, 1.165) is 82.8 Å². The maximum Gasteiger partial charge on any atom is 0.243 e. The molecular formula is C84H124N10O22. The lowest BCUT2D eigenvalue weighted by Crippen LogP contribution is -2.56. The first kappa shape index (κ1) is 101. The molecule has 23 N–H and O–H groups in total. The maximum absolute atomic E-state index is 13.9. The molecule has 0 fully saturated rings. The number of nitrogens with two attached hydrogens (primary N) is 4. The van der Waals surface area contributed by atoms with Crippen molar-refractivity contribution in [2.75, 3.05) is 0 Å². The number of hydrogen-bond acceptors (Lipinski definition) is 21. The van der Waals surface area contributed by atoms with Gasteiger partial charge in [0.25, 0.3) is 0 Å². The number of primary amides is 4. The Morgan fingerprint density at radius 1 is 0.353 bits per heavy atom. The van der Waals surface area contributed by atoms with Gasteiger partial charge in [-0.15, -0.1) is 0 Å². The predicted molar refractivity (Wildman–Crippen MR) is 433 cm³/mol. The van der Waals surface area contributed by atoms with Crippen molar-refractivity contribution in [1.29, 1.82) is 0 Å². The number of hydrogen-bond donors (Lipinski definition) is 17. The molecule has 0 aromatic heterocycles. The Bertz CT molecular complexity index is 3960. The normalized spacial score (nSPS) is 13.1. The molecule has 0 spiro atoms. The van der Waals surface area contributed by atoms with Crippen LogP contribution in [0.5, 0.6) is 28.7 Å². The fourth-order valence-corrected chi connectivity index (χ4v) is 13.2. The van der Waals surface area contributed by atoms with Crippen LogP contribution in [0.15, 0.2) is 66.7 Å². The van der Waals surface area contributed by atoms with Crippen molar-refractivity contribution in [2.24, 2.45) is 34.8 Å². The van der Waals surface area contributed by atoms with E-state index in [4.69, 9.17) is 22.9 Å². The molecule has 0 aliphatic heterocycles. The van der Waals surface area contributed by atoms with E-state index >= 15 is 0 Å². The highest BCUT2D eigenvalue weighted by Gasteiger charge is 2.36. The number of unbranched alkanes of at least 4 members (excludes halogenated alkanes) is 12. The maximum atomic E-state index is 13.9. The van der Waals surface area contributed by atoms with Gasteiger partial charge < -0.3 is 96.1 Å². The second-order valence-electron chi connectivity index (χ2n) is 30.4. The summed E-state index contributed by atoms with van der Waals surface area (Å²) in [5.41, 5.74) is 20.5. The van der Waals surface area contributed by atoms with E-state index in [-0.39, 0.29) is 103 Å². The number of rotatable bonds is 54. The number of para-hydroxylation sites is 1. The minimum Gasteiger partial charge on any atom is -0.507 e. The molecule has 116 heavy (non-hydrogen) atoms. The average molecular weight is 1630 g/mol. The Hall–Kier alpha value is -10.9. The first-order chi connectivity index (χ1) is 54.3. The van der Waals surface area contributed by atoms with Gasteiger partial charge in [-0.3, -0.25) is 67.1 Å². The molecule has 0 aliphatic carbocycles. The molecule has 4 aromatic rings. The Balaban J connectivity index is 0.000000780. The zero-order chi connectivity index (χ0) is 86.2. The highest BCUT2D eigenvalue weighted by molar-refractivity contribution is 6.20. The lowest BCUT2D eigenvalue weighted by atomic mass is 9.89. The molecule has 8 atom stereocenters. The fourth-order valence-electron chi connectivity index (χ4n) is 13.2. The number of aryl methyl sites for hydroxylation is 2. The van der Waals surface area contributed by atoms with Crippen molar-refractivity contribution < 1.29 is 108 Å². The zero-order valence-corrected chi connectivity index (χ0v) is 68.1. The molecule has 0 saturated heterocycles. The van der Waals surface area contributed by atoms with Crippen LogP contribution in [0, 0.1) is 25.7 Å². The molecule has 642 valence electrons. The topological polar surface area (TPSA) is 588 Å². The van der Waals surface area contributed by atoms with Crippen molar-refractivity contribution in [2.45, 2.75) is 284 Å². The van der Waals surface area contributed by atoms with Gasteiger partial charge in [0.1, 0.15) is 58.5 Å². The van der Waals surface area contributed by atoms with Gasteiger partial charge in [-0.1, -0.05) is 150 Å². The van der Waals surface area contributed by atoms with E-state index in [1.165, 1.54) is 67.4 Å². The van der Waals surface area contributed by atoms with Gasteiger partial charge in [-0.05, 0) is 124 Å². The van der Waals surface area contributed by atoms with Crippen molar-refractivity contribution >= 4 is 82.2 Å². The summed E-state index contributed by atoms with van der Waals surface area (Å²) in [4.78, 5) is 183. The largest absolute Gasteiger partial charge is 0.507 e. The Kier molecular flexibility index (Phi) is 45.9. The summed E-state index contributed by atoms with van der Waals surface area (Å²) in [6, 6.07) is 7.00. The molecule has 0 radical (unpaired) electrons. The van der Waals surface area contributed by atoms with E-state index in [0.29, 0.717) is 30.4 Å². The van der Waals surface area contributed by atoms with Crippen molar-refractivity contribution in [3.05, 3.63) is 111 Å². The van der Waals surface area contributed by atoms with Crippen molar-refractivity contribution in [3.63, 3.8) is 0 Å². The predicted octanol–water partition coefficient (Wildman–Crippen LogP) is 6.37. The van der Waals surface area contributed by atoms with Gasteiger partial charge in [0, 0.05) is 48.9 Å². The van der Waals surface area contributed by atoms with Gasteiger partial charge in [0.15, 0.2) is 11.6 Å². The molecule has 0 bridgehead atoms. The van der Waals surface area contributed by atoms with Crippen molar-refractivity contribution in [3.8, 4) is 28.7 Å². The number of benzene rings is 4. The van der Waals surface area contributed by atoms with Crippen LogP contribution in [0.2, 0.25) is 0 Å². The molecule has 0 heterocycles. The number of ketones is 4. The van der Waals surface area contributed by atoms with E-state index in [1.807, 2.05) is 27.7 Å². The number of aliphatic hydroxyl groups is 2. The molecule has 0 aliphatic rings. The van der Waals surface area contributed by atoms with Gasteiger partial charge in [0.2, 0.25) is 70.6 Å². The molecular weight excluding hydrogens is 1500 g/mol. The third-order valence-electron chi connectivity index (χ3n) is 18.9. The molecule has 0 unspecified atom stereocenters. The van der Waals surface area contributed by atoms with Crippen LogP contribution in [-0.4, -0.2) is 172 Å². The highest BCUT2D eigenvalue weighted by Crippen LogP contribution is 2.36. The number of phenolic OH excluding ortho intramolecular Hbond substituents is 5. The minimum atomic E-state index is -1.53.